The molecule has 0 spiro atoms. The van der Waals surface area contributed by atoms with Crippen LogP contribution in [0.1, 0.15) is 17.8 Å². The van der Waals surface area contributed by atoms with Crippen molar-refractivity contribution in [2.24, 2.45) is 5.73 Å². The highest BCUT2D eigenvalue weighted by atomic mass is 35.5. The maximum absolute atomic E-state index is 12.9. The van der Waals surface area contributed by atoms with Gasteiger partial charge in [-0.25, -0.2) is 4.98 Å². The van der Waals surface area contributed by atoms with Crippen molar-refractivity contribution in [3.8, 4) is 0 Å². The SMILES string of the molecule is CN(C)c1ccc(C=Cc2nc3ccc(Cl)cc3c(=O)n2CCCN)cc1. The van der Waals surface area contributed by atoms with E-state index in [-0.39, 0.29) is 5.56 Å². The molecule has 0 aliphatic carbocycles. The molecule has 0 bridgehead atoms. The molecule has 1 heterocycles. The number of halogens is 1. The van der Waals surface area contributed by atoms with Gasteiger partial charge in [0.2, 0.25) is 0 Å². The molecule has 1 aromatic heterocycles. The van der Waals surface area contributed by atoms with Crippen LogP contribution in [0, 0.1) is 0 Å². The van der Waals surface area contributed by atoms with Crippen LogP contribution in [-0.4, -0.2) is 30.2 Å². The molecule has 0 unspecified atom stereocenters. The third-order valence-electron chi connectivity index (χ3n) is 4.37. The number of fused-ring (bicyclic) bond motifs is 1. The van der Waals surface area contributed by atoms with E-state index in [0.29, 0.717) is 41.3 Å². The van der Waals surface area contributed by atoms with Gasteiger partial charge in [0.05, 0.1) is 10.9 Å². The van der Waals surface area contributed by atoms with Gasteiger partial charge in [-0.1, -0.05) is 29.8 Å². The first-order valence-corrected chi connectivity index (χ1v) is 9.23. The van der Waals surface area contributed by atoms with Crippen LogP contribution in [0.5, 0.6) is 0 Å². The Morgan fingerprint density at radius 3 is 2.56 bits per heavy atom. The summed E-state index contributed by atoms with van der Waals surface area (Å²) in [6, 6.07) is 13.4. The van der Waals surface area contributed by atoms with Crippen molar-refractivity contribution in [2.45, 2.75) is 13.0 Å². The van der Waals surface area contributed by atoms with Crippen molar-refractivity contribution in [3.05, 3.63) is 69.2 Å². The number of nitrogens with two attached hydrogens (primary N) is 1. The molecule has 3 aromatic rings. The molecule has 3 rings (SSSR count). The second-order valence-electron chi connectivity index (χ2n) is 6.55. The van der Waals surface area contributed by atoms with E-state index in [9.17, 15) is 4.79 Å². The van der Waals surface area contributed by atoms with Gasteiger partial charge in [0.25, 0.3) is 5.56 Å². The summed E-state index contributed by atoms with van der Waals surface area (Å²) in [5.74, 6) is 0.611. The third-order valence-corrected chi connectivity index (χ3v) is 4.60. The number of hydrogen-bond acceptors (Lipinski definition) is 4. The maximum Gasteiger partial charge on any atom is 0.261 e. The van der Waals surface area contributed by atoms with Crippen LogP contribution in [0.2, 0.25) is 5.02 Å². The van der Waals surface area contributed by atoms with Gasteiger partial charge in [-0.05, 0) is 54.9 Å². The van der Waals surface area contributed by atoms with E-state index in [0.717, 1.165) is 11.3 Å². The van der Waals surface area contributed by atoms with Crippen LogP contribution in [0.15, 0.2) is 47.3 Å². The molecule has 0 aliphatic rings. The van der Waals surface area contributed by atoms with Gasteiger partial charge in [0.1, 0.15) is 5.82 Å². The lowest BCUT2D eigenvalue weighted by atomic mass is 10.2. The first-order valence-electron chi connectivity index (χ1n) is 8.85. The molecule has 0 fully saturated rings. The first-order chi connectivity index (χ1) is 13.0. The highest BCUT2D eigenvalue weighted by Crippen LogP contribution is 2.17. The summed E-state index contributed by atoms with van der Waals surface area (Å²) in [6.45, 7) is 1.03. The van der Waals surface area contributed by atoms with E-state index >= 15 is 0 Å². The Morgan fingerprint density at radius 2 is 1.89 bits per heavy atom. The fourth-order valence-electron chi connectivity index (χ4n) is 2.86. The summed E-state index contributed by atoms with van der Waals surface area (Å²) in [6.07, 6.45) is 4.53. The highest BCUT2D eigenvalue weighted by Gasteiger charge is 2.09. The quantitative estimate of drug-likeness (QED) is 0.707. The van der Waals surface area contributed by atoms with E-state index in [1.807, 2.05) is 43.3 Å². The molecule has 6 heteroatoms. The minimum atomic E-state index is -0.0986. The number of benzene rings is 2. The van der Waals surface area contributed by atoms with Crippen LogP contribution in [-0.2, 0) is 6.54 Å². The van der Waals surface area contributed by atoms with E-state index in [1.165, 1.54) is 0 Å². The van der Waals surface area contributed by atoms with Crippen molar-refractivity contribution < 1.29 is 0 Å². The van der Waals surface area contributed by atoms with Crippen LogP contribution in [0.25, 0.3) is 23.1 Å². The molecular weight excluding hydrogens is 360 g/mol. The smallest absolute Gasteiger partial charge is 0.261 e. The average molecular weight is 383 g/mol. The van der Waals surface area contributed by atoms with Gasteiger partial charge in [0, 0.05) is 31.4 Å². The largest absolute Gasteiger partial charge is 0.378 e. The molecule has 0 amide bonds. The van der Waals surface area contributed by atoms with Crippen molar-refractivity contribution in [3.63, 3.8) is 0 Å². The van der Waals surface area contributed by atoms with Crippen LogP contribution in [0.3, 0.4) is 0 Å². The Hall–Kier alpha value is -2.63. The monoisotopic (exact) mass is 382 g/mol. The van der Waals surface area contributed by atoms with Gasteiger partial charge < -0.3 is 10.6 Å². The Labute approximate surface area is 163 Å². The fourth-order valence-corrected chi connectivity index (χ4v) is 3.03. The normalized spacial score (nSPS) is 11.4. The van der Waals surface area contributed by atoms with E-state index in [1.54, 1.807) is 22.8 Å². The second-order valence-corrected chi connectivity index (χ2v) is 6.99. The molecule has 140 valence electrons. The van der Waals surface area contributed by atoms with Gasteiger partial charge in [-0.15, -0.1) is 0 Å². The van der Waals surface area contributed by atoms with Crippen molar-refractivity contribution in [1.29, 1.82) is 0 Å². The summed E-state index contributed by atoms with van der Waals surface area (Å²) in [4.78, 5) is 19.6. The topological polar surface area (TPSA) is 64.2 Å². The molecule has 2 N–H and O–H groups in total. The number of rotatable bonds is 6. The zero-order valence-electron chi connectivity index (χ0n) is 15.5. The molecule has 0 atom stereocenters. The Morgan fingerprint density at radius 1 is 1.15 bits per heavy atom. The summed E-state index contributed by atoms with van der Waals surface area (Å²) < 4.78 is 1.66. The lowest BCUT2D eigenvalue weighted by Gasteiger charge is -2.12. The van der Waals surface area contributed by atoms with Gasteiger partial charge in [0.15, 0.2) is 0 Å². The molecule has 5 nitrogen and oxygen atoms in total. The molecule has 0 saturated carbocycles. The number of hydrogen-bond donors (Lipinski definition) is 1. The summed E-state index contributed by atoms with van der Waals surface area (Å²) >= 11 is 6.05. The maximum atomic E-state index is 12.9. The van der Waals surface area contributed by atoms with Crippen molar-refractivity contribution in [1.82, 2.24) is 9.55 Å². The minimum Gasteiger partial charge on any atom is -0.378 e. The lowest BCUT2D eigenvalue weighted by molar-refractivity contribution is 0.619. The number of aromatic nitrogens is 2. The minimum absolute atomic E-state index is 0.0986. The number of anilines is 1. The Kier molecular flexibility index (Phi) is 5.94. The lowest BCUT2D eigenvalue weighted by Crippen LogP contribution is -2.25. The van der Waals surface area contributed by atoms with Crippen molar-refractivity contribution in [2.75, 3.05) is 25.5 Å². The third kappa shape index (κ3) is 4.38. The van der Waals surface area contributed by atoms with E-state index < -0.39 is 0 Å². The van der Waals surface area contributed by atoms with Gasteiger partial charge in [-0.3, -0.25) is 9.36 Å². The zero-order valence-corrected chi connectivity index (χ0v) is 16.3. The average Bonchev–Trinajstić information content (AvgIpc) is 2.66. The Bertz CT molecular complexity index is 1020. The van der Waals surface area contributed by atoms with Gasteiger partial charge in [-0.2, -0.15) is 0 Å². The molecule has 0 aliphatic heterocycles. The summed E-state index contributed by atoms with van der Waals surface area (Å²) in [5, 5.41) is 1.04. The predicted molar refractivity (Wildman–Crippen MR) is 114 cm³/mol. The number of nitrogens with zero attached hydrogens (tertiary/aromatic N) is 3. The van der Waals surface area contributed by atoms with E-state index in [4.69, 9.17) is 17.3 Å². The first kappa shape index (κ1) is 19.1. The predicted octanol–water partition coefficient (Wildman–Crippen LogP) is 3.64. The summed E-state index contributed by atoms with van der Waals surface area (Å²) in [5.41, 5.74) is 8.35. The molecule has 0 saturated heterocycles. The standard InChI is InChI=1S/C21H23ClN4O/c1-25(2)17-8-4-15(5-9-17)6-11-20-24-19-10-7-16(22)14-18(19)21(27)26(20)13-3-12-23/h4-11,14H,3,12-13,23H2,1-2H3. The van der Waals surface area contributed by atoms with Gasteiger partial charge >= 0.3 is 0 Å². The molecule has 0 radical (unpaired) electrons. The molecule has 27 heavy (non-hydrogen) atoms. The van der Waals surface area contributed by atoms with E-state index in [2.05, 4.69) is 17.1 Å². The van der Waals surface area contributed by atoms with Crippen LogP contribution < -0.4 is 16.2 Å². The fraction of sp³-hybridized carbons (Fsp3) is 0.238. The van der Waals surface area contributed by atoms with Crippen molar-refractivity contribution >= 4 is 40.3 Å². The van der Waals surface area contributed by atoms with Crippen LogP contribution >= 0.6 is 11.6 Å². The summed E-state index contributed by atoms with van der Waals surface area (Å²) in [7, 11) is 4.01. The highest BCUT2D eigenvalue weighted by molar-refractivity contribution is 6.31. The Balaban J connectivity index is 2.03. The molecular formula is C21H23ClN4O. The van der Waals surface area contributed by atoms with Crippen LogP contribution in [0.4, 0.5) is 5.69 Å². The zero-order chi connectivity index (χ0) is 19.4. The second kappa shape index (κ2) is 8.37. The molecule has 2 aromatic carbocycles.